The predicted octanol–water partition coefficient (Wildman–Crippen LogP) is 12.1. The van der Waals surface area contributed by atoms with E-state index in [1.807, 2.05) is 160 Å². The highest BCUT2D eigenvalue weighted by Crippen LogP contribution is 2.32. The summed E-state index contributed by atoms with van der Waals surface area (Å²) >= 11 is 0. The molecule has 426 valence electrons. The van der Waals surface area contributed by atoms with E-state index in [1.165, 1.54) is 4.80 Å². The van der Waals surface area contributed by atoms with E-state index >= 15 is 0 Å². The lowest BCUT2D eigenvalue weighted by atomic mass is 10.1. The Bertz CT molecular complexity index is 4710. The summed E-state index contributed by atoms with van der Waals surface area (Å²) in [5, 5.41) is 54.5. The maximum atomic E-state index is 5.32. The van der Waals surface area contributed by atoms with Crippen molar-refractivity contribution in [1.29, 1.82) is 0 Å². The van der Waals surface area contributed by atoms with Gasteiger partial charge in [0.25, 0.3) is 0 Å². The number of aromatic nitrogens is 19. The highest BCUT2D eigenvalue weighted by Gasteiger charge is 2.18. The van der Waals surface area contributed by atoms with Gasteiger partial charge in [-0.3, -0.25) is 23.4 Å². The number of hydrogen-bond acceptors (Lipinski definition) is 13. The van der Waals surface area contributed by atoms with E-state index in [1.54, 1.807) is 24.3 Å². The number of hydrogen-bond donors (Lipinski definition) is 1. The lowest BCUT2D eigenvalue weighted by molar-refractivity contribution is 0.370. The van der Waals surface area contributed by atoms with Crippen molar-refractivity contribution in [3.8, 4) is 45.0 Å². The van der Waals surface area contributed by atoms with Gasteiger partial charge in [0.2, 0.25) is 0 Å². The van der Waals surface area contributed by atoms with Gasteiger partial charge in [-0.2, -0.15) is 45.7 Å². The molecule has 0 aliphatic rings. The van der Waals surface area contributed by atoms with Gasteiger partial charge < -0.3 is 4.52 Å². The zero-order valence-electron chi connectivity index (χ0n) is 47.8. The second-order valence-corrected chi connectivity index (χ2v) is 20.4. The topological polar surface area (TPSA) is 213 Å². The zero-order valence-corrected chi connectivity index (χ0v) is 47.8. The van der Waals surface area contributed by atoms with Crippen molar-refractivity contribution in [3.05, 3.63) is 266 Å². The lowest BCUT2D eigenvalue weighted by Crippen LogP contribution is -2.08. The summed E-state index contributed by atoms with van der Waals surface area (Å²) in [5.74, 6) is 2.34. The average Bonchev–Trinajstić information content (AvgIpc) is 2.49. The van der Waals surface area contributed by atoms with Gasteiger partial charge in [0.05, 0.1) is 47.6 Å². The van der Waals surface area contributed by atoms with Crippen LogP contribution in [0.1, 0.15) is 28.8 Å². The maximum absolute atomic E-state index is 5.32. The molecule has 87 heavy (non-hydrogen) atoms. The molecule has 0 saturated heterocycles. The average molecular weight is 1140 g/mol. The number of para-hydroxylation sites is 4. The van der Waals surface area contributed by atoms with Gasteiger partial charge in [0.1, 0.15) is 60.3 Å². The van der Waals surface area contributed by atoms with Gasteiger partial charge in [-0.05, 0) is 36.4 Å². The molecule has 0 aliphatic heterocycles. The van der Waals surface area contributed by atoms with Crippen LogP contribution in [-0.2, 0) is 40.3 Å². The van der Waals surface area contributed by atoms with Crippen LogP contribution >= 0.6 is 0 Å². The molecule has 20 heteroatoms. The molecule has 16 rings (SSSR count). The Morgan fingerprint density at radius 3 is 1.21 bits per heavy atom. The Hall–Kier alpha value is -11.8. The van der Waals surface area contributed by atoms with Crippen LogP contribution in [0.5, 0.6) is 0 Å². The van der Waals surface area contributed by atoms with Crippen LogP contribution in [0, 0.1) is 6.92 Å². The minimum atomic E-state index is 0.501. The summed E-state index contributed by atoms with van der Waals surface area (Å²) in [6, 6.07) is 75.8. The number of benzene rings is 8. The molecule has 20 nitrogen and oxygen atoms in total. The van der Waals surface area contributed by atoms with Gasteiger partial charge in [-0.25, -0.2) is 4.98 Å². The summed E-state index contributed by atoms with van der Waals surface area (Å²) in [6.45, 7) is 4.20. The van der Waals surface area contributed by atoms with Crippen LogP contribution in [0.3, 0.4) is 0 Å². The molecule has 8 aromatic carbocycles. The van der Waals surface area contributed by atoms with E-state index in [2.05, 4.69) is 143 Å². The van der Waals surface area contributed by atoms with E-state index in [9.17, 15) is 0 Å². The molecular formula is C67H57N19O. The first-order chi connectivity index (χ1) is 42.9. The first-order valence-electron chi connectivity index (χ1n) is 28.2. The summed E-state index contributed by atoms with van der Waals surface area (Å²) in [6.07, 6.45) is 3.29. The van der Waals surface area contributed by atoms with Crippen LogP contribution in [-0.4, -0.2) is 94.7 Å². The van der Waals surface area contributed by atoms with E-state index < -0.39 is 0 Å². The SMILES string of the molecule is Cc1cc(Cn2nc(-c3ccccc3)c3ccccc32)on1.Cn1ncnc1Cn1nc(-c2ccccc2)c2ccccc21.Cn1nnc(Cn2nc(-c3ccccc3)c3ccccc32)n1.c1ccc(-c2nn(Cc3cn[nH]n3)c3ccccc23)cc1. The van der Waals surface area contributed by atoms with Gasteiger partial charge in [0.15, 0.2) is 11.6 Å². The van der Waals surface area contributed by atoms with Crippen molar-refractivity contribution < 1.29 is 4.52 Å². The van der Waals surface area contributed by atoms with Gasteiger partial charge >= 0.3 is 0 Å². The van der Waals surface area contributed by atoms with Gasteiger partial charge in [-0.1, -0.05) is 199 Å². The number of aryl methyl sites for hydroxylation is 3. The molecule has 0 fully saturated rings. The largest absolute Gasteiger partial charge is 0.359 e. The quantitative estimate of drug-likeness (QED) is 0.121. The normalized spacial score (nSPS) is 11.1. The van der Waals surface area contributed by atoms with Crippen LogP contribution < -0.4 is 0 Å². The maximum Gasteiger partial charge on any atom is 0.196 e. The molecule has 0 unspecified atom stereocenters. The summed E-state index contributed by atoms with van der Waals surface area (Å²) in [4.78, 5) is 5.75. The van der Waals surface area contributed by atoms with Crippen molar-refractivity contribution in [1.82, 2.24) is 94.7 Å². The van der Waals surface area contributed by atoms with Crippen LogP contribution in [0.15, 0.2) is 242 Å². The van der Waals surface area contributed by atoms with Gasteiger partial charge in [0, 0.05) is 56.9 Å². The Morgan fingerprint density at radius 2 is 0.839 bits per heavy atom. The number of nitrogens with one attached hydrogen (secondary N) is 1. The Labute approximate surface area is 498 Å². The fraction of sp³-hybridized carbons (Fsp3) is 0.104. The number of tetrazole rings is 1. The highest BCUT2D eigenvalue weighted by atomic mass is 16.5. The van der Waals surface area contributed by atoms with Gasteiger partial charge in [-0.15, -0.1) is 10.2 Å². The number of H-pyrrole nitrogens is 1. The van der Waals surface area contributed by atoms with Crippen LogP contribution in [0.25, 0.3) is 88.6 Å². The first-order valence-corrected chi connectivity index (χ1v) is 28.2. The van der Waals surface area contributed by atoms with E-state index in [0.29, 0.717) is 32.0 Å². The number of nitrogens with zero attached hydrogens (tertiary/aromatic N) is 18. The predicted molar refractivity (Wildman–Crippen MR) is 335 cm³/mol. The minimum Gasteiger partial charge on any atom is -0.359 e. The molecule has 16 aromatic rings. The van der Waals surface area contributed by atoms with Crippen LogP contribution in [0.4, 0.5) is 0 Å². The second kappa shape index (κ2) is 25.0. The molecular weight excluding hydrogens is 1090 g/mol. The molecule has 1 N–H and O–H groups in total. The number of rotatable bonds is 12. The molecule has 0 spiro atoms. The third-order valence-corrected chi connectivity index (χ3v) is 14.5. The highest BCUT2D eigenvalue weighted by molar-refractivity contribution is 5.96. The zero-order chi connectivity index (χ0) is 58.9. The molecule has 0 aliphatic carbocycles. The van der Waals surface area contributed by atoms with Crippen molar-refractivity contribution in [2.45, 2.75) is 33.1 Å². The summed E-state index contributed by atoms with van der Waals surface area (Å²) < 4.78 is 14.9. The minimum absolute atomic E-state index is 0.501. The third-order valence-electron chi connectivity index (χ3n) is 14.5. The molecule has 0 radical (unpaired) electrons. The smallest absolute Gasteiger partial charge is 0.196 e. The van der Waals surface area contributed by atoms with E-state index in [4.69, 9.17) is 24.9 Å². The van der Waals surface area contributed by atoms with E-state index in [-0.39, 0.29) is 0 Å². The number of aromatic amines is 1. The van der Waals surface area contributed by atoms with Crippen molar-refractivity contribution in [3.63, 3.8) is 0 Å². The van der Waals surface area contributed by atoms with Crippen molar-refractivity contribution in [2.75, 3.05) is 0 Å². The summed E-state index contributed by atoms with van der Waals surface area (Å²) in [5.41, 5.74) is 14.5. The van der Waals surface area contributed by atoms with Crippen LogP contribution in [0.2, 0.25) is 0 Å². The molecule has 0 bridgehead atoms. The summed E-state index contributed by atoms with van der Waals surface area (Å²) in [7, 11) is 3.65. The Balaban J connectivity index is 0.000000107. The molecule has 8 aromatic heterocycles. The monoisotopic (exact) mass is 1140 g/mol. The van der Waals surface area contributed by atoms with Crippen molar-refractivity contribution >= 4 is 43.6 Å². The molecule has 0 amide bonds. The molecule has 0 saturated carbocycles. The lowest BCUT2D eigenvalue weighted by Gasteiger charge is -2.02. The third kappa shape index (κ3) is 12.0. The molecule has 0 atom stereocenters. The van der Waals surface area contributed by atoms with Crippen molar-refractivity contribution in [2.24, 2.45) is 14.1 Å². The fourth-order valence-electron chi connectivity index (χ4n) is 10.4. The molecule has 8 heterocycles. The van der Waals surface area contributed by atoms with E-state index in [0.717, 1.165) is 112 Å². The standard InChI is InChI=1S/C18H15N3O.C17H15N5.C16H14N6.C16H13N5/c1-13-11-15(22-20-13)12-21-17-10-6-5-9-16(17)18(19-21)14-7-3-2-4-8-14;1-21-16(18-12-19-21)11-22-15-10-6-5-9-14(15)17(20-22)13-7-3-2-4-8-13;1-21-18-15(17-20-21)11-22-14-10-6-5-9-13(14)16(19-22)12-7-3-2-4-8-12;1-2-6-12(7-3-1)16-14-8-4-5-9-15(14)21(19-16)11-13-10-17-20-18-13/h2-11H,12H2,1H3;2-10,12H,11H2,1H3;2-10H,11H2,1H3;1-10H,11H2,(H,17,18,20). The number of fused-ring (bicyclic) bond motifs is 4. The fourth-order valence-corrected chi connectivity index (χ4v) is 10.4. The second-order valence-electron chi connectivity index (χ2n) is 20.4. The Morgan fingerprint density at radius 1 is 0.437 bits per heavy atom. The first kappa shape index (κ1) is 54.4. The Kier molecular flexibility index (Phi) is 15.6.